The number of carbonyl (C=O) groups excluding carboxylic acids is 2. The highest BCUT2D eigenvalue weighted by molar-refractivity contribution is 7.99. The van der Waals surface area contributed by atoms with Gasteiger partial charge in [-0.1, -0.05) is 65.3 Å². The van der Waals surface area contributed by atoms with Gasteiger partial charge in [0, 0.05) is 22.9 Å². The van der Waals surface area contributed by atoms with E-state index in [4.69, 9.17) is 23.2 Å². The number of aryl methyl sites for hydroxylation is 2. The van der Waals surface area contributed by atoms with Crippen LogP contribution in [0.4, 0.5) is 5.69 Å². The van der Waals surface area contributed by atoms with E-state index in [9.17, 15) is 9.59 Å². The minimum Gasteiger partial charge on any atom is -0.345 e. The summed E-state index contributed by atoms with van der Waals surface area (Å²) in [6, 6.07) is 20.7. The number of nitrogens with one attached hydrogen (secondary N) is 1. The van der Waals surface area contributed by atoms with E-state index in [1.54, 1.807) is 12.1 Å². The van der Waals surface area contributed by atoms with Crippen LogP contribution in [0, 0.1) is 6.92 Å². The first-order valence-electron chi connectivity index (χ1n) is 12.2. The van der Waals surface area contributed by atoms with E-state index in [1.165, 1.54) is 23.4 Å². The zero-order valence-corrected chi connectivity index (χ0v) is 23.0. The molecule has 2 heterocycles. The topological polar surface area (TPSA) is 80.1 Å². The standard InChI is InChI=1S/C28H25Cl2N5O2S/c1-18-6-4-9-21(14-18)35-25(16-31-27(37)22-15-20(29)11-12-23(22)30)32-33-28(35)38-17-26(36)34-13-5-8-19-7-2-3-10-24(19)34/h2-4,6-7,9-12,14-15H,5,8,13,16-17H2,1H3,(H,31,37). The Balaban J connectivity index is 1.36. The van der Waals surface area contributed by atoms with Gasteiger partial charge in [0.2, 0.25) is 5.91 Å². The van der Waals surface area contributed by atoms with E-state index in [2.05, 4.69) is 21.6 Å². The predicted molar refractivity (Wildman–Crippen MR) is 152 cm³/mol. The Morgan fingerprint density at radius 3 is 2.71 bits per heavy atom. The highest BCUT2D eigenvalue weighted by atomic mass is 35.5. The molecule has 1 N–H and O–H groups in total. The summed E-state index contributed by atoms with van der Waals surface area (Å²) in [7, 11) is 0. The molecule has 1 aliphatic rings. The molecular formula is C28H25Cl2N5O2S. The molecule has 0 atom stereocenters. The highest BCUT2D eigenvalue weighted by Gasteiger charge is 2.24. The summed E-state index contributed by atoms with van der Waals surface area (Å²) in [6.45, 7) is 2.81. The first-order chi connectivity index (χ1) is 18.4. The van der Waals surface area contributed by atoms with Crippen molar-refractivity contribution < 1.29 is 9.59 Å². The van der Waals surface area contributed by atoms with Gasteiger partial charge in [0.15, 0.2) is 11.0 Å². The molecule has 0 radical (unpaired) electrons. The van der Waals surface area contributed by atoms with Crippen molar-refractivity contribution in [3.8, 4) is 5.69 Å². The van der Waals surface area contributed by atoms with Gasteiger partial charge in [0.05, 0.1) is 22.9 Å². The average Bonchev–Trinajstić information content (AvgIpc) is 3.34. The van der Waals surface area contributed by atoms with Crippen LogP contribution in [0.2, 0.25) is 10.0 Å². The van der Waals surface area contributed by atoms with Gasteiger partial charge in [-0.15, -0.1) is 10.2 Å². The molecule has 10 heteroatoms. The van der Waals surface area contributed by atoms with Crippen LogP contribution >= 0.6 is 35.0 Å². The lowest BCUT2D eigenvalue weighted by molar-refractivity contribution is -0.116. The lowest BCUT2D eigenvalue weighted by Crippen LogP contribution is -2.36. The molecule has 0 fully saturated rings. The maximum atomic E-state index is 13.2. The van der Waals surface area contributed by atoms with Crippen molar-refractivity contribution in [1.29, 1.82) is 0 Å². The van der Waals surface area contributed by atoms with Gasteiger partial charge in [-0.3, -0.25) is 14.2 Å². The third-order valence-corrected chi connectivity index (χ3v) is 7.75. The number of hydrogen-bond acceptors (Lipinski definition) is 5. The zero-order valence-electron chi connectivity index (χ0n) is 20.7. The van der Waals surface area contributed by atoms with Crippen LogP contribution in [0.3, 0.4) is 0 Å². The van der Waals surface area contributed by atoms with Crippen LogP contribution in [0.25, 0.3) is 5.69 Å². The minimum absolute atomic E-state index is 0.0198. The summed E-state index contributed by atoms with van der Waals surface area (Å²) >= 11 is 13.6. The fraction of sp³-hybridized carbons (Fsp3) is 0.214. The van der Waals surface area contributed by atoms with Crippen LogP contribution in [0.5, 0.6) is 0 Å². The van der Waals surface area contributed by atoms with E-state index in [1.807, 2.05) is 58.9 Å². The number of thioether (sulfide) groups is 1. The number of nitrogens with zero attached hydrogens (tertiary/aromatic N) is 4. The van der Waals surface area contributed by atoms with Gasteiger partial charge < -0.3 is 10.2 Å². The molecule has 38 heavy (non-hydrogen) atoms. The van der Waals surface area contributed by atoms with Gasteiger partial charge in [-0.25, -0.2) is 0 Å². The quantitative estimate of drug-likeness (QED) is 0.283. The Hall–Kier alpha value is -3.33. The highest BCUT2D eigenvalue weighted by Crippen LogP contribution is 2.29. The SMILES string of the molecule is Cc1cccc(-n2c(CNC(=O)c3cc(Cl)ccc3Cl)nnc2SCC(=O)N2CCCc3ccccc32)c1. The number of rotatable bonds is 7. The number of para-hydroxylation sites is 1. The van der Waals surface area contributed by atoms with Gasteiger partial charge >= 0.3 is 0 Å². The van der Waals surface area contributed by atoms with Crippen molar-refractivity contribution in [3.05, 3.63) is 99.3 Å². The number of fused-ring (bicyclic) bond motifs is 1. The van der Waals surface area contributed by atoms with Gasteiger partial charge in [0.1, 0.15) is 0 Å². The Morgan fingerprint density at radius 1 is 1.03 bits per heavy atom. The molecule has 1 aromatic heterocycles. The Labute approximate surface area is 235 Å². The summed E-state index contributed by atoms with van der Waals surface area (Å²) in [5.41, 5.74) is 4.36. The van der Waals surface area contributed by atoms with Crippen molar-refractivity contribution in [1.82, 2.24) is 20.1 Å². The molecule has 0 unspecified atom stereocenters. The summed E-state index contributed by atoms with van der Waals surface area (Å²) in [4.78, 5) is 27.9. The van der Waals surface area contributed by atoms with Crippen LogP contribution < -0.4 is 10.2 Å². The molecule has 0 saturated carbocycles. The molecule has 7 nitrogen and oxygen atoms in total. The van der Waals surface area contributed by atoms with Crippen molar-refractivity contribution >= 4 is 52.5 Å². The maximum absolute atomic E-state index is 13.2. The van der Waals surface area contributed by atoms with Gasteiger partial charge in [0.25, 0.3) is 5.91 Å². The van der Waals surface area contributed by atoms with Crippen molar-refractivity contribution in [2.45, 2.75) is 31.5 Å². The van der Waals surface area contributed by atoms with E-state index in [0.29, 0.717) is 27.6 Å². The average molecular weight is 567 g/mol. The molecule has 0 spiro atoms. The molecule has 1 aliphatic heterocycles. The van der Waals surface area contributed by atoms with Crippen LogP contribution in [0.1, 0.15) is 33.7 Å². The number of halogens is 2. The van der Waals surface area contributed by atoms with E-state index in [0.717, 1.165) is 29.8 Å². The molecule has 0 saturated heterocycles. The monoisotopic (exact) mass is 565 g/mol. The third-order valence-electron chi connectivity index (χ3n) is 6.28. The zero-order chi connectivity index (χ0) is 26.6. The number of aromatic nitrogens is 3. The number of hydrogen-bond donors (Lipinski definition) is 1. The summed E-state index contributed by atoms with van der Waals surface area (Å²) in [5, 5.41) is 12.9. The van der Waals surface area contributed by atoms with Crippen molar-refractivity contribution in [2.24, 2.45) is 0 Å². The second-order valence-electron chi connectivity index (χ2n) is 8.95. The number of amides is 2. The van der Waals surface area contributed by atoms with Crippen molar-refractivity contribution in [2.75, 3.05) is 17.2 Å². The van der Waals surface area contributed by atoms with Crippen LogP contribution in [-0.2, 0) is 17.8 Å². The normalized spacial score (nSPS) is 12.8. The minimum atomic E-state index is -0.371. The first kappa shape index (κ1) is 26.3. The Bertz CT molecular complexity index is 1510. The maximum Gasteiger partial charge on any atom is 0.253 e. The summed E-state index contributed by atoms with van der Waals surface area (Å²) in [6.07, 6.45) is 1.91. The summed E-state index contributed by atoms with van der Waals surface area (Å²) in [5.74, 6) is 0.388. The molecule has 2 amide bonds. The van der Waals surface area contributed by atoms with E-state index >= 15 is 0 Å². The van der Waals surface area contributed by atoms with Crippen LogP contribution in [-0.4, -0.2) is 38.9 Å². The molecule has 194 valence electrons. The second kappa shape index (κ2) is 11.6. The van der Waals surface area contributed by atoms with Crippen molar-refractivity contribution in [3.63, 3.8) is 0 Å². The third kappa shape index (κ3) is 5.72. The molecule has 0 bridgehead atoms. The van der Waals surface area contributed by atoms with Crippen LogP contribution in [0.15, 0.2) is 71.9 Å². The number of carbonyl (C=O) groups is 2. The Morgan fingerprint density at radius 2 is 1.87 bits per heavy atom. The Kier molecular flexibility index (Phi) is 8.02. The predicted octanol–water partition coefficient (Wildman–Crippen LogP) is 5.88. The molecule has 5 rings (SSSR count). The molecule has 0 aliphatic carbocycles. The fourth-order valence-electron chi connectivity index (χ4n) is 4.46. The molecular weight excluding hydrogens is 541 g/mol. The van der Waals surface area contributed by atoms with E-state index < -0.39 is 0 Å². The fourth-order valence-corrected chi connectivity index (χ4v) is 5.68. The van der Waals surface area contributed by atoms with Gasteiger partial charge in [-0.05, 0) is 67.3 Å². The number of anilines is 1. The smallest absolute Gasteiger partial charge is 0.253 e. The first-order valence-corrected chi connectivity index (χ1v) is 13.9. The lowest BCUT2D eigenvalue weighted by atomic mass is 10.0. The second-order valence-corrected chi connectivity index (χ2v) is 10.7. The largest absolute Gasteiger partial charge is 0.345 e. The van der Waals surface area contributed by atoms with Gasteiger partial charge in [-0.2, -0.15) is 0 Å². The summed E-state index contributed by atoms with van der Waals surface area (Å²) < 4.78 is 1.87. The molecule has 3 aromatic carbocycles. The molecule has 4 aromatic rings. The lowest BCUT2D eigenvalue weighted by Gasteiger charge is -2.29. The van der Waals surface area contributed by atoms with E-state index in [-0.39, 0.29) is 29.7 Å². The number of benzene rings is 3.